The van der Waals surface area contributed by atoms with Crippen molar-refractivity contribution in [1.29, 1.82) is 0 Å². The molecule has 1 aliphatic rings. The van der Waals surface area contributed by atoms with E-state index in [-0.39, 0.29) is 12.1 Å². The lowest BCUT2D eigenvalue weighted by Crippen LogP contribution is -2.49. The Kier molecular flexibility index (Phi) is 3.58. The maximum atomic E-state index is 5.86. The summed E-state index contributed by atoms with van der Waals surface area (Å²) in [6, 6.07) is 0.0920. The van der Waals surface area contributed by atoms with Gasteiger partial charge in [0, 0.05) is 38.9 Å². The SMILES string of the molecule is CC(N)C1CN(Cc2cncn2C)CCO1. The average Bonchev–Trinajstić information content (AvgIpc) is 2.65. The topological polar surface area (TPSA) is 56.3 Å². The fraction of sp³-hybridized carbons (Fsp3) is 0.727. The molecule has 16 heavy (non-hydrogen) atoms. The van der Waals surface area contributed by atoms with E-state index in [2.05, 4.69) is 14.5 Å². The van der Waals surface area contributed by atoms with Gasteiger partial charge in [-0.3, -0.25) is 4.90 Å². The second kappa shape index (κ2) is 4.95. The Morgan fingerprint density at radius 1 is 1.69 bits per heavy atom. The van der Waals surface area contributed by atoms with E-state index in [9.17, 15) is 0 Å². The fourth-order valence-corrected chi connectivity index (χ4v) is 1.96. The molecule has 2 rings (SSSR count). The van der Waals surface area contributed by atoms with Crippen LogP contribution in [0.2, 0.25) is 0 Å². The average molecular weight is 224 g/mol. The highest BCUT2D eigenvalue weighted by molar-refractivity contribution is 4.98. The molecule has 0 aromatic carbocycles. The van der Waals surface area contributed by atoms with Crippen molar-refractivity contribution in [2.45, 2.75) is 25.6 Å². The normalized spacial score (nSPS) is 24.6. The van der Waals surface area contributed by atoms with Crippen molar-refractivity contribution in [3.8, 4) is 0 Å². The lowest BCUT2D eigenvalue weighted by atomic mass is 10.1. The Bertz CT molecular complexity index is 336. The van der Waals surface area contributed by atoms with Crippen molar-refractivity contribution in [2.24, 2.45) is 12.8 Å². The standard InChI is InChI=1S/C11H20N4O/c1-9(12)11-7-15(3-4-16-11)6-10-5-13-8-14(10)2/h5,8-9,11H,3-4,6-7,12H2,1-2H3. The molecule has 5 nitrogen and oxygen atoms in total. The third-order valence-electron chi connectivity index (χ3n) is 3.07. The monoisotopic (exact) mass is 224 g/mol. The number of imidazole rings is 1. The number of hydrogen-bond donors (Lipinski definition) is 1. The molecule has 90 valence electrons. The molecule has 5 heteroatoms. The van der Waals surface area contributed by atoms with Crippen molar-refractivity contribution >= 4 is 0 Å². The smallest absolute Gasteiger partial charge is 0.0945 e. The van der Waals surface area contributed by atoms with Crippen molar-refractivity contribution < 1.29 is 4.74 Å². The van der Waals surface area contributed by atoms with Gasteiger partial charge >= 0.3 is 0 Å². The van der Waals surface area contributed by atoms with E-state index in [4.69, 9.17) is 10.5 Å². The molecule has 0 saturated carbocycles. The van der Waals surface area contributed by atoms with Gasteiger partial charge in [0.15, 0.2) is 0 Å². The molecule has 2 atom stereocenters. The Morgan fingerprint density at radius 3 is 3.12 bits per heavy atom. The van der Waals surface area contributed by atoms with Crippen LogP contribution in [-0.4, -0.2) is 46.3 Å². The van der Waals surface area contributed by atoms with E-state index in [1.807, 2.05) is 26.5 Å². The molecule has 0 radical (unpaired) electrons. The molecule has 0 spiro atoms. The lowest BCUT2D eigenvalue weighted by molar-refractivity contribution is -0.0408. The molecular formula is C11H20N4O. The first-order chi connectivity index (χ1) is 7.66. The first-order valence-corrected chi connectivity index (χ1v) is 5.71. The molecule has 1 aromatic rings. The van der Waals surface area contributed by atoms with Crippen LogP contribution in [0.3, 0.4) is 0 Å². The van der Waals surface area contributed by atoms with Crippen molar-refractivity contribution in [3.63, 3.8) is 0 Å². The maximum Gasteiger partial charge on any atom is 0.0945 e. The van der Waals surface area contributed by atoms with Gasteiger partial charge < -0.3 is 15.0 Å². The summed E-state index contributed by atoms with van der Waals surface area (Å²) < 4.78 is 7.68. The second-order valence-electron chi connectivity index (χ2n) is 4.50. The Labute approximate surface area is 96.2 Å². The predicted octanol–water partition coefficient (Wildman–Crippen LogP) is -0.0319. The number of nitrogens with zero attached hydrogens (tertiary/aromatic N) is 3. The van der Waals surface area contributed by atoms with Crippen LogP contribution in [0.4, 0.5) is 0 Å². The summed E-state index contributed by atoms with van der Waals surface area (Å²) in [7, 11) is 2.02. The largest absolute Gasteiger partial charge is 0.374 e. The quantitative estimate of drug-likeness (QED) is 0.783. The zero-order valence-corrected chi connectivity index (χ0v) is 9.97. The first-order valence-electron chi connectivity index (χ1n) is 5.71. The van der Waals surface area contributed by atoms with Gasteiger partial charge in [-0.15, -0.1) is 0 Å². The number of nitrogens with two attached hydrogens (primary N) is 1. The highest BCUT2D eigenvalue weighted by Gasteiger charge is 2.23. The third kappa shape index (κ3) is 2.61. The molecule has 2 N–H and O–H groups in total. The summed E-state index contributed by atoms with van der Waals surface area (Å²) in [4.78, 5) is 6.49. The minimum atomic E-state index is 0.0920. The summed E-state index contributed by atoms with van der Waals surface area (Å²) >= 11 is 0. The zero-order chi connectivity index (χ0) is 11.5. The van der Waals surface area contributed by atoms with Gasteiger partial charge in [0.1, 0.15) is 0 Å². The van der Waals surface area contributed by atoms with E-state index in [1.54, 1.807) is 0 Å². The molecule has 1 aromatic heterocycles. The van der Waals surface area contributed by atoms with Crippen LogP contribution in [0.15, 0.2) is 12.5 Å². The molecule has 0 amide bonds. The predicted molar refractivity (Wildman–Crippen MR) is 61.9 cm³/mol. The Hall–Kier alpha value is -0.910. The molecule has 1 aliphatic heterocycles. The van der Waals surface area contributed by atoms with Gasteiger partial charge in [-0.1, -0.05) is 0 Å². The minimum Gasteiger partial charge on any atom is -0.374 e. The van der Waals surface area contributed by atoms with Crippen LogP contribution in [-0.2, 0) is 18.3 Å². The molecule has 1 saturated heterocycles. The van der Waals surface area contributed by atoms with E-state index in [0.717, 1.165) is 26.2 Å². The molecule has 2 heterocycles. The third-order valence-corrected chi connectivity index (χ3v) is 3.07. The second-order valence-corrected chi connectivity index (χ2v) is 4.50. The van der Waals surface area contributed by atoms with E-state index < -0.39 is 0 Å². The zero-order valence-electron chi connectivity index (χ0n) is 9.97. The summed E-state index contributed by atoms with van der Waals surface area (Å²) in [6.45, 7) is 5.56. The molecular weight excluding hydrogens is 204 g/mol. The minimum absolute atomic E-state index is 0.0920. The van der Waals surface area contributed by atoms with Crippen molar-refractivity contribution in [3.05, 3.63) is 18.2 Å². The highest BCUT2D eigenvalue weighted by Crippen LogP contribution is 2.11. The number of hydrogen-bond acceptors (Lipinski definition) is 4. The van der Waals surface area contributed by atoms with E-state index >= 15 is 0 Å². The molecule has 2 unspecified atom stereocenters. The van der Waals surface area contributed by atoms with Crippen LogP contribution in [0.1, 0.15) is 12.6 Å². The first kappa shape index (κ1) is 11.6. The van der Waals surface area contributed by atoms with Crippen LogP contribution in [0.5, 0.6) is 0 Å². The Morgan fingerprint density at radius 2 is 2.50 bits per heavy atom. The summed E-state index contributed by atoms with van der Waals surface area (Å²) in [5.41, 5.74) is 7.09. The van der Waals surface area contributed by atoms with Crippen molar-refractivity contribution in [1.82, 2.24) is 14.5 Å². The van der Waals surface area contributed by atoms with E-state index in [0.29, 0.717) is 0 Å². The summed E-state index contributed by atoms with van der Waals surface area (Å²) in [6.07, 6.45) is 3.90. The van der Waals surface area contributed by atoms with Crippen molar-refractivity contribution in [2.75, 3.05) is 19.7 Å². The molecule has 0 aliphatic carbocycles. The molecule has 1 fully saturated rings. The van der Waals surface area contributed by atoms with Gasteiger partial charge in [0.25, 0.3) is 0 Å². The van der Waals surface area contributed by atoms with Gasteiger partial charge in [0.05, 0.1) is 24.7 Å². The number of rotatable bonds is 3. The number of aryl methyl sites for hydroxylation is 1. The van der Waals surface area contributed by atoms with Crippen LogP contribution >= 0.6 is 0 Å². The van der Waals surface area contributed by atoms with Gasteiger partial charge in [-0.25, -0.2) is 4.98 Å². The number of morpholine rings is 1. The van der Waals surface area contributed by atoms with Gasteiger partial charge in [-0.05, 0) is 6.92 Å². The van der Waals surface area contributed by atoms with Crippen LogP contribution in [0.25, 0.3) is 0 Å². The van der Waals surface area contributed by atoms with Crippen LogP contribution in [0, 0.1) is 0 Å². The number of ether oxygens (including phenoxy) is 1. The van der Waals surface area contributed by atoms with E-state index in [1.165, 1.54) is 5.69 Å². The molecule has 0 bridgehead atoms. The van der Waals surface area contributed by atoms with Crippen LogP contribution < -0.4 is 5.73 Å². The maximum absolute atomic E-state index is 5.86. The number of aromatic nitrogens is 2. The summed E-state index contributed by atoms with van der Waals surface area (Å²) in [5, 5.41) is 0. The van der Waals surface area contributed by atoms with Gasteiger partial charge in [-0.2, -0.15) is 0 Å². The fourth-order valence-electron chi connectivity index (χ4n) is 1.96. The highest BCUT2D eigenvalue weighted by atomic mass is 16.5. The Balaban J connectivity index is 1.93. The summed E-state index contributed by atoms with van der Waals surface area (Å²) in [5.74, 6) is 0. The lowest BCUT2D eigenvalue weighted by Gasteiger charge is -2.34. The van der Waals surface area contributed by atoms with Gasteiger partial charge in [0.2, 0.25) is 0 Å².